The Kier molecular flexibility index (Phi) is 5.20. The number of ether oxygens (including phenoxy) is 1. The average molecular weight is 365 g/mol. The number of benzene rings is 3. The van der Waals surface area contributed by atoms with Crippen molar-refractivity contribution < 1.29 is 4.74 Å². The minimum absolute atomic E-state index is 0.316. The smallest absolute Gasteiger partial charge is 0.317 e. The zero-order chi connectivity index (χ0) is 19.2. The molecular weight excluding hydrogens is 346 g/mol. The van der Waals surface area contributed by atoms with Crippen LogP contribution in [-0.2, 0) is 0 Å². The molecule has 0 amide bonds. The normalized spacial score (nSPS) is 10.9. The molecule has 4 aromatic rings. The summed E-state index contributed by atoms with van der Waals surface area (Å²) in [5.41, 5.74) is 5.11. The first kappa shape index (κ1) is 17.6. The van der Waals surface area contributed by atoms with Gasteiger partial charge in [0.2, 0.25) is 0 Å². The van der Waals surface area contributed by atoms with E-state index in [1.54, 1.807) is 7.11 Å². The van der Waals surface area contributed by atoms with E-state index in [9.17, 15) is 0 Å². The number of hydrogen-bond acceptors (Lipinski definition) is 4. The maximum Gasteiger partial charge on any atom is 0.317 e. The minimum atomic E-state index is 0.316. The van der Waals surface area contributed by atoms with Crippen molar-refractivity contribution in [3.05, 3.63) is 96.6 Å². The SMILES string of the molecule is COc1nc(-c2ccccc2)c(N=Cc2ccccc2)c(-c2ccccc2)n1. The second kappa shape index (κ2) is 8.27. The number of nitrogens with zero attached hydrogens (tertiary/aromatic N) is 3. The van der Waals surface area contributed by atoms with Crippen LogP contribution in [0, 0.1) is 0 Å². The Morgan fingerprint density at radius 2 is 1.14 bits per heavy atom. The van der Waals surface area contributed by atoms with Gasteiger partial charge in [0.1, 0.15) is 17.1 Å². The molecule has 0 unspecified atom stereocenters. The highest BCUT2D eigenvalue weighted by Crippen LogP contribution is 2.38. The van der Waals surface area contributed by atoms with Gasteiger partial charge in [0, 0.05) is 17.3 Å². The summed E-state index contributed by atoms with van der Waals surface area (Å²) in [6.45, 7) is 0. The standard InChI is InChI=1S/C24H19N3O/c1-28-24-26-21(19-13-7-3-8-14-19)23(25-17-18-11-5-2-6-12-18)22(27-24)20-15-9-4-10-16-20/h2-17H,1H3. The van der Waals surface area contributed by atoms with Crippen molar-refractivity contribution >= 4 is 11.9 Å². The van der Waals surface area contributed by atoms with E-state index in [1.807, 2.05) is 97.2 Å². The summed E-state index contributed by atoms with van der Waals surface area (Å²) in [4.78, 5) is 14.0. The molecule has 0 bridgehead atoms. The molecule has 0 aliphatic heterocycles. The van der Waals surface area contributed by atoms with E-state index in [-0.39, 0.29) is 0 Å². The number of methoxy groups -OCH3 is 1. The molecule has 4 rings (SSSR count). The van der Waals surface area contributed by atoms with Crippen molar-refractivity contribution in [2.75, 3.05) is 7.11 Å². The predicted octanol–water partition coefficient (Wildman–Crippen LogP) is 5.57. The molecule has 1 heterocycles. The monoisotopic (exact) mass is 365 g/mol. The highest BCUT2D eigenvalue weighted by atomic mass is 16.5. The lowest BCUT2D eigenvalue weighted by Crippen LogP contribution is -1.98. The first-order valence-electron chi connectivity index (χ1n) is 9.01. The highest BCUT2D eigenvalue weighted by molar-refractivity contribution is 5.90. The minimum Gasteiger partial charge on any atom is -0.467 e. The predicted molar refractivity (Wildman–Crippen MR) is 113 cm³/mol. The molecule has 0 saturated carbocycles. The number of aromatic nitrogens is 2. The summed E-state index contributed by atoms with van der Waals surface area (Å²) in [6.07, 6.45) is 1.84. The van der Waals surface area contributed by atoms with Crippen LogP contribution >= 0.6 is 0 Å². The molecule has 0 aliphatic carbocycles. The van der Waals surface area contributed by atoms with Crippen LogP contribution in [0.2, 0.25) is 0 Å². The second-order valence-corrected chi connectivity index (χ2v) is 6.16. The Balaban J connectivity index is 1.95. The molecule has 0 saturated heterocycles. The number of rotatable bonds is 5. The van der Waals surface area contributed by atoms with Crippen molar-refractivity contribution in [3.8, 4) is 28.5 Å². The fraction of sp³-hybridized carbons (Fsp3) is 0.0417. The van der Waals surface area contributed by atoms with E-state index in [0.717, 1.165) is 28.1 Å². The van der Waals surface area contributed by atoms with Gasteiger partial charge < -0.3 is 4.74 Å². The van der Waals surface area contributed by atoms with Crippen LogP contribution < -0.4 is 4.74 Å². The molecule has 0 N–H and O–H groups in total. The van der Waals surface area contributed by atoms with Gasteiger partial charge in [-0.05, 0) is 5.56 Å². The van der Waals surface area contributed by atoms with Crippen LogP contribution in [0.1, 0.15) is 5.56 Å². The van der Waals surface area contributed by atoms with Gasteiger partial charge in [0.05, 0.1) is 7.11 Å². The van der Waals surface area contributed by atoms with Gasteiger partial charge >= 0.3 is 6.01 Å². The summed E-state index contributed by atoms with van der Waals surface area (Å²) in [6, 6.07) is 30.2. The summed E-state index contributed by atoms with van der Waals surface area (Å²) in [7, 11) is 1.58. The van der Waals surface area contributed by atoms with Crippen molar-refractivity contribution in [1.29, 1.82) is 0 Å². The van der Waals surface area contributed by atoms with Crippen molar-refractivity contribution in [2.24, 2.45) is 4.99 Å². The first-order valence-corrected chi connectivity index (χ1v) is 9.01. The van der Waals surface area contributed by atoms with Crippen LogP contribution in [0.25, 0.3) is 22.5 Å². The van der Waals surface area contributed by atoms with Gasteiger partial charge in [0.15, 0.2) is 0 Å². The molecule has 0 spiro atoms. The van der Waals surface area contributed by atoms with Crippen LogP contribution in [0.15, 0.2) is 96.0 Å². The van der Waals surface area contributed by atoms with Gasteiger partial charge in [-0.2, -0.15) is 9.97 Å². The zero-order valence-electron chi connectivity index (χ0n) is 15.5. The molecule has 136 valence electrons. The molecule has 4 heteroatoms. The highest BCUT2D eigenvalue weighted by Gasteiger charge is 2.17. The van der Waals surface area contributed by atoms with Crippen LogP contribution in [0.4, 0.5) is 5.69 Å². The summed E-state index contributed by atoms with van der Waals surface area (Å²) < 4.78 is 5.38. The van der Waals surface area contributed by atoms with Gasteiger partial charge in [0.25, 0.3) is 0 Å². The number of aliphatic imine (C=N–C) groups is 1. The molecule has 4 nitrogen and oxygen atoms in total. The number of hydrogen-bond donors (Lipinski definition) is 0. The lowest BCUT2D eigenvalue weighted by molar-refractivity contribution is 0.381. The molecule has 28 heavy (non-hydrogen) atoms. The molecule has 0 aliphatic rings. The lowest BCUT2D eigenvalue weighted by atomic mass is 10.0. The zero-order valence-corrected chi connectivity index (χ0v) is 15.5. The quantitative estimate of drug-likeness (QED) is 0.434. The van der Waals surface area contributed by atoms with E-state index < -0.39 is 0 Å². The second-order valence-electron chi connectivity index (χ2n) is 6.16. The Labute approximate surface area is 164 Å². The van der Waals surface area contributed by atoms with Crippen molar-refractivity contribution in [2.45, 2.75) is 0 Å². The van der Waals surface area contributed by atoms with E-state index in [4.69, 9.17) is 9.73 Å². The fourth-order valence-corrected chi connectivity index (χ4v) is 2.92. The van der Waals surface area contributed by atoms with Gasteiger partial charge in [-0.15, -0.1) is 0 Å². The third-order valence-corrected chi connectivity index (χ3v) is 4.28. The molecule has 3 aromatic carbocycles. The van der Waals surface area contributed by atoms with Gasteiger partial charge in [-0.3, -0.25) is 4.99 Å². The largest absolute Gasteiger partial charge is 0.467 e. The van der Waals surface area contributed by atoms with E-state index in [1.165, 1.54) is 0 Å². The average Bonchev–Trinajstić information content (AvgIpc) is 2.79. The van der Waals surface area contributed by atoms with Crippen LogP contribution in [-0.4, -0.2) is 23.3 Å². The third-order valence-electron chi connectivity index (χ3n) is 4.28. The topological polar surface area (TPSA) is 47.4 Å². The van der Waals surface area contributed by atoms with Crippen molar-refractivity contribution in [3.63, 3.8) is 0 Å². The van der Waals surface area contributed by atoms with E-state index in [0.29, 0.717) is 11.7 Å². The Bertz CT molecular complexity index is 1020. The maximum absolute atomic E-state index is 5.38. The molecule has 1 aromatic heterocycles. The lowest BCUT2D eigenvalue weighted by Gasteiger charge is -2.12. The maximum atomic E-state index is 5.38. The Morgan fingerprint density at radius 1 is 0.679 bits per heavy atom. The molecule has 0 atom stereocenters. The fourth-order valence-electron chi connectivity index (χ4n) is 2.92. The van der Waals surface area contributed by atoms with Crippen LogP contribution in [0.5, 0.6) is 6.01 Å². The van der Waals surface area contributed by atoms with Crippen LogP contribution in [0.3, 0.4) is 0 Å². The molecule has 0 fully saturated rings. The molecule has 0 radical (unpaired) electrons. The third kappa shape index (κ3) is 3.81. The summed E-state index contributed by atoms with van der Waals surface area (Å²) in [5, 5.41) is 0. The summed E-state index contributed by atoms with van der Waals surface area (Å²) in [5.74, 6) is 0. The molecular formula is C24H19N3O. The van der Waals surface area contributed by atoms with Crippen molar-refractivity contribution in [1.82, 2.24) is 9.97 Å². The van der Waals surface area contributed by atoms with E-state index in [2.05, 4.69) is 9.97 Å². The van der Waals surface area contributed by atoms with Gasteiger partial charge in [-0.25, -0.2) is 0 Å². The summed E-state index contributed by atoms with van der Waals surface area (Å²) >= 11 is 0. The Hall–Kier alpha value is -3.79. The van der Waals surface area contributed by atoms with E-state index >= 15 is 0 Å². The first-order chi connectivity index (χ1) is 13.8. The van der Waals surface area contributed by atoms with Gasteiger partial charge in [-0.1, -0.05) is 91.0 Å². The Morgan fingerprint density at radius 3 is 1.61 bits per heavy atom.